The molecule has 1 unspecified atom stereocenters. The minimum absolute atomic E-state index is 0.338. The molecule has 6 heteroatoms. The van der Waals surface area contributed by atoms with Crippen LogP contribution < -0.4 is 4.74 Å². The van der Waals surface area contributed by atoms with Crippen molar-refractivity contribution < 1.29 is 22.1 Å². The predicted molar refractivity (Wildman–Crippen MR) is 52.6 cm³/mol. The summed E-state index contributed by atoms with van der Waals surface area (Å²) in [5.41, 5.74) is 0. The Hall–Kier alpha value is -1.17. The fraction of sp³-hybridized carbons (Fsp3) is 0.222. The van der Waals surface area contributed by atoms with Crippen LogP contribution in [0.25, 0.3) is 0 Å². The second-order valence-electron chi connectivity index (χ2n) is 3.02. The number of hydrogen-bond donors (Lipinski definition) is 0. The van der Waals surface area contributed by atoms with E-state index in [2.05, 4.69) is 10.6 Å². The maximum Gasteiger partial charge on any atom is 0.573 e. The molecule has 0 aromatic heterocycles. The van der Waals surface area contributed by atoms with Crippen LogP contribution in [0.2, 0.25) is 0 Å². The van der Waals surface area contributed by atoms with Crippen molar-refractivity contribution in [3.63, 3.8) is 0 Å². The molecule has 1 aromatic carbocycles. The van der Waals surface area contributed by atoms with E-state index in [9.17, 15) is 17.4 Å². The number of rotatable bonds is 2. The summed E-state index contributed by atoms with van der Waals surface area (Å²) in [4.78, 5) is 0.386. The van der Waals surface area contributed by atoms with Crippen molar-refractivity contribution in [3.05, 3.63) is 24.3 Å². The molecule has 15 heavy (non-hydrogen) atoms. The van der Waals surface area contributed by atoms with E-state index in [4.69, 9.17) is 0 Å². The van der Waals surface area contributed by atoms with Crippen LogP contribution in [0.5, 0.6) is 5.75 Å². The molecule has 1 rings (SSSR count). The topological polar surface area (TPSA) is 26.3 Å². The van der Waals surface area contributed by atoms with Gasteiger partial charge in [0, 0.05) is 11.2 Å². The third-order valence-electron chi connectivity index (χ3n) is 1.56. The molecule has 0 aliphatic carbocycles. The Balaban J connectivity index is 2.92. The Labute approximate surface area is 85.7 Å². The maximum atomic E-state index is 11.8. The molecule has 0 radical (unpaired) electrons. The van der Waals surface area contributed by atoms with Gasteiger partial charge in [-0.25, -0.2) is 0 Å². The van der Waals surface area contributed by atoms with Gasteiger partial charge in [-0.05, 0) is 39.7 Å². The molecular formula is C9H9F3O2S. The Morgan fingerprint density at radius 1 is 1.27 bits per heavy atom. The van der Waals surface area contributed by atoms with Crippen LogP contribution in [0.3, 0.4) is 0 Å². The number of halogens is 3. The molecule has 1 atom stereocenters. The summed E-state index contributed by atoms with van der Waals surface area (Å²) in [6, 6.07) is 4.82. The summed E-state index contributed by atoms with van der Waals surface area (Å²) in [6.45, 7) is 0. The molecule has 0 bridgehead atoms. The van der Waals surface area contributed by atoms with Gasteiger partial charge in [0.05, 0.1) is 0 Å². The van der Waals surface area contributed by atoms with Gasteiger partial charge in [0.1, 0.15) is 5.75 Å². The summed E-state index contributed by atoms with van der Waals surface area (Å²) >= 11 is 0. The molecule has 0 saturated carbocycles. The average molecular weight is 238 g/mol. The highest BCUT2D eigenvalue weighted by Crippen LogP contribution is 2.23. The van der Waals surface area contributed by atoms with Crippen molar-refractivity contribution in [3.8, 4) is 5.75 Å². The van der Waals surface area contributed by atoms with Gasteiger partial charge in [-0.15, -0.1) is 13.2 Å². The molecule has 84 valence electrons. The molecule has 0 aliphatic heterocycles. The first kappa shape index (κ1) is 11.9. The average Bonchev–Trinajstić information content (AvgIpc) is 2.00. The third kappa shape index (κ3) is 3.83. The summed E-state index contributed by atoms with van der Waals surface area (Å²) in [5, 5.41) is 0. The molecule has 0 heterocycles. The zero-order chi connectivity index (χ0) is 11.7. The van der Waals surface area contributed by atoms with Crippen molar-refractivity contribution in [2.75, 3.05) is 6.26 Å². The first-order valence-electron chi connectivity index (χ1n) is 3.86. The van der Waals surface area contributed by atoms with Crippen molar-refractivity contribution in [1.29, 1.82) is 0 Å². The van der Waals surface area contributed by atoms with Gasteiger partial charge in [0.2, 0.25) is 0 Å². The second kappa shape index (κ2) is 3.77. The minimum atomic E-state index is -4.71. The second-order valence-corrected chi connectivity index (χ2v) is 5.51. The van der Waals surface area contributed by atoms with Crippen LogP contribution in [0, 0.1) is 0 Å². The van der Waals surface area contributed by atoms with Gasteiger partial charge < -0.3 is 4.74 Å². The quantitative estimate of drug-likeness (QED) is 0.739. The van der Waals surface area contributed by atoms with E-state index < -0.39 is 15.9 Å². The Kier molecular flexibility index (Phi) is 2.99. The van der Waals surface area contributed by atoms with Gasteiger partial charge >= 0.3 is 6.36 Å². The normalized spacial score (nSPS) is 15.7. The van der Waals surface area contributed by atoms with E-state index in [0.29, 0.717) is 4.90 Å². The van der Waals surface area contributed by atoms with Crippen molar-refractivity contribution in [2.45, 2.75) is 11.3 Å². The lowest BCUT2D eigenvalue weighted by atomic mass is 10.3. The van der Waals surface area contributed by atoms with E-state index in [-0.39, 0.29) is 5.75 Å². The highest BCUT2D eigenvalue weighted by atomic mass is 32.2. The van der Waals surface area contributed by atoms with E-state index in [0.717, 1.165) is 12.1 Å². The molecule has 0 amide bonds. The van der Waals surface area contributed by atoms with Crippen LogP contribution >= 0.6 is 0 Å². The predicted octanol–water partition coefficient (Wildman–Crippen LogP) is 2.29. The lowest BCUT2D eigenvalue weighted by molar-refractivity contribution is -0.274. The molecule has 0 N–H and O–H groups in total. The summed E-state index contributed by atoms with van der Waals surface area (Å²) in [5.74, 6) is 3.07. The lowest BCUT2D eigenvalue weighted by Crippen LogP contribution is -2.17. The van der Waals surface area contributed by atoms with Gasteiger partial charge in [0.25, 0.3) is 0 Å². The van der Waals surface area contributed by atoms with Crippen LogP contribution in [0.1, 0.15) is 0 Å². The van der Waals surface area contributed by atoms with Gasteiger partial charge in [-0.3, -0.25) is 4.21 Å². The van der Waals surface area contributed by atoms with Gasteiger partial charge in [-0.2, -0.15) is 0 Å². The molecular weight excluding hydrogens is 229 g/mol. The van der Waals surface area contributed by atoms with E-state index >= 15 is 0 Å². The monoisotopic (exact) mass is 238 g/mol. The number of hydrogen-bond acceptors (Lipinski definition) is 2. The molecule has 1 aromatic rings. The number of ether oxygens (including phenoxy) is 1. The van der Waals surface area contributed by atoms with Crippen LogP contribution in [0.4, 0.5) is 13.2 Å². The lowest BCUT2D eigenvalue weighted by Gasteiger charge is -2.09. The van der Waals surface area contributed by atoms with Crippen LogP contribution in [0.15, 0.2) is 29.2 Å². The standard InChI is InChI=1S/C9H9F3O2S/c1-15(2,13)8-5-3-7(4-6-8)14-9(10,11)12/h3-6H,1H2,2H3. The van der Waals surface area contributed by atoms with E-state index in [1.54, 1.807) is 0 Å². The molecule has 0 fully saturated rings. The maximum absolute atomic E-state index is 11.8. The highest BCUT2D eigenvalue weighted by Gasteiger charge is 2.30. The summed E-state index contributed by atoms with van der Waals surface area (Å²) in [7, 11) is -2.40. The van der Waals surface area contributed by atoms with E-state index in [1.165, 1.54) is 18.4 Å². The molecule has 0 saturated heterocycles. The van der Waals surface area contributed by atoms with Crippen molar-refractivity contribution in [2.24, 2.45) is 0 Å². The number of alkyl halides is 3. The Bertz CT molecular complexity index is 431. The van der Waals surface area contributed by atoms with Gasteiger partial charge in [0.15, 0.2) is 0 Å². The largest absolute Gasteiger partial charge is 0.573 e. The first-order valence-corrected chi connectivity index (χ1v) is 6.00. The first-order chi connectivity index (χ1) is 6.68. The van der Waals surface area contributed by atoms with Crippen LogP contribution in [-0.4, -0.2) is 22.7 Å². The van der Waals surface area contributed by atoms with E-state index in [1.807, 2.05) is 0 Å². The third-order valence-corrected chi connectivity index (χ3v) is 2.83. The SMILES string of the molecule is C=S(C)(=O)c1ccc(OC(F)(F)F)cc1. The zero-order valence-electron chi connectivity index (χ0n) is 7.88. The fourth-order valence-electron chi connectivity index (χ4n) is 0.929. The molecule has 0 aliphatic rings. The summed E-state index contributed by atoms with van der Waals surface area (Å²) < 4.78 is 50.4. The van der Waals surface area contributed by atoms with Crippen molar-refractivity contribution >= 4 is 15.4 Å². The minimum Gasteiger partial charge on any atom is -0.406 e. The van der Waals surface area contributed by atoms with Gasteiger partial charge in [-0.1, -0.05) is 0 Å². The molecule has 2 nitrogen and oxygen atoms in total. The Morgan fingerprint density at radius 3 is 2.07 bits per heavy atom. The fourth-order valence-corrected chi connectivity index (χ4v) is 1.64. The van der Waals surface area contributed by atoms with Crippen LogP contribution in [-0.2, 0) is 9.52 Å². The molecule has 0 spiro atoms. The zero-order valence-corrected chi connectivity index (χ0v) is 8.69. The number of benzene rings is 1. The Morgan fingerprint density at radius 2 is 1.73 bits per heavy atom. The highest BCUT2D eigenvalue weighted by molar-refractivity contribution is 7.99. The smallest absolute Gasteiger partial charge is 0.406 e. The summed E-state index contributed by atoms with van der Waals surface area (Å²) in [6.07, 6.45) is -3.30. The van der Waals surface area contributed by atoms with Crippen molar-refractivity contribution in [1.82, 2.24) is 0 Å².